The Bertz CT molecular complexity index is 809. The van der Waals surface area contributed by atoms with E-state index >= 15 is 0 Å². The van der Waals surface area contributed by atoms with Crippen molar-refractivity contribution in [3.63, 3.8) is 0 Å². The molecule has 6 heteroatoms. The Labute approximate surface area is 140 Å². The van der Waals surface area contributed by atoms with Crippen LogP contribution in [0.15, 0.2) is 48.8 Å². The second kappa shape index (κ2) is 6.70. The summed E-state index contributed by atoms with van der Waals surface area (Å²) in [6.45, 7) is 4.16. The van der Waals surface area contributed by atoms with Gasteiger partial charge in [0.1, 0.15) is 5.82 Å². The molecule has 6 nitrogen and oxygen atoms in total. The molecule has 1 aromatic carbocycles. The summed E-state index contributed by atoms with van der Waals surface area (Å²) < 4.78 is 0.655. The van der Waals surface area contributed by atoms with Crippen molar-refractivity contribution in [2.45, 2.75) is 26.3 Å². The molecule has 0 radical (unpaired) electrons. The van der Waals surface area contributed by atoms with Crippen LogP contribution < -0.4 is 10.0 Å². The van der Waals surface area contributed by atoms with Crippen LogP contribution in [0.4, 0.5) is 0 Å². The molecule has 0 saturated carbocycles. The molecule has 2 atom stereocenters. The number of para-hydroxylation sites is 2. The van der Waals surface area contributed by atoms with Gasteiger partial charge in [-0.05, 0) is 18.1 Å². The fourth-order valence-electron chi connectivity index (χ4n) is 2.62. The highest BCUT2D eigenvalue weighted by Gasteiger charge is 2.24. The van der Waals surface area contributed by atoms with Crippen molar-refractivity contribution in [3.05, 3.63) is 65.4 Å². The number of nitrogens with one attached hydrogen (secondary N) is 2. The molecule has 3 rings (SSSR count). The molecule has 0 fully saturated rings. The predicted octanol–water partition coefficient (Wildman–Crippen LogP) is 2.71. The van der Waals surface area contributed by atoms with Gasteiger partial charge in [0, 0.05) is 12.1 Å². The molecule has 0 bridgehead atoms. The van der Waals surface area contributed by atoms with Crippen LogP contribution in [0.5, 0.6) is 0 Å². The van der Waals surface area contributed by atoms with E-state index in [0.717, 1.165) is 23.3 Å². The SMILES string of the molecule is CC[C@H](C)[C@@H](NC(=O)c1cc[n+]([O-])cc1)c1nc2ccccc2[nH]1. The van der Waals surface area contributed by atoms with Gasteiger partial charge in [-0.25, -0.2) is 4.98 Å². The molecule has 0 saturated heterocycles. The van der Waals surface area contributed by atoms with E-state index in [0.29, 0.717) is 10.3 Å². The average Bonchev–Trinajstić information content (AvgIpc) is 3.03. The summed E-state index contributed by atoms with van der Waals surface area (Å²) in [6, 6.07) is 10.6. The summed E-state index contributed by atoms with van der Waals surface area (Å²) in [4.78, 5) is 20.4. The molecular formula is C18H20N4O2. The maximum atomic E-state index is 12.5. The van der Waals surface area contributed by atoms with E-state index in [1.807, 2.05) is 24.3 Å². The lowest BCUT2D eigenvalue weighted by atomic mass is 9.98. The highest BCUT2D eigenvalue weighted by Crippen LogP contribution is 2.25. The van der Waals surface area contributed by atoms with Crippen molar-refractivity contribution < 1.29 is 9.52 Å². The monoisotopic (exact) mass is 324 g/mol. The minimum absolute atomic E-state index is 0.211. The van der Waals surface area contributed by atoms with Crippen LogP contribution in [0.3, 0.4) is 0 Å². The second-order valence-electron chi connectivity index (χ2n) is 5.92. The number of amides is 1. The first-order chi connectivity index (χ1) is 11.6. The largest absolute Gasteiger partial charge is 0.619 e. The van der Waals surface area contributed by atoms with E-state index in [2.05, 4.69) is 29.1 Å². The molecule has 2 aromatic heterocycles. The summed E-state index contributed by atoms with van der Waals surface area (Å²) in [5.74, 6) is 0.734. The Morgan fingerprint density at radius 2 is 2.00 bits per heavy atom. The molecule has 0 aliphatic heterocycles. The van der Waals surface area contributed by atoms with Crippen LogP contribution >= 0.6 is 0 Å². The van der Waals surface area contributed by atoms with Crippen LogP contribution in [-0.2, 0) is 0 Å². The van der Waals surface area contributed by atoms with Crippen molar-refractivity contribution in [3.8, 4) is 0 Å². The lowest BCUT2D eigenvalue weighted by molar-refractivity contribution is -0.605. The van der Waals surface area contributed by atoms with Crippen molar-refractivity contribution in [1.29, 1.82) is 0 Å². The molecule has 24 heavy (non-hydrogen) atoms. The van der Waals surface area contributed by atoms with Gasteiger partial charge in [0.25, 0.3) is 5.91 Å². The first-order valence-electron chi connectivity index (χ1n) is 8.03. The van der Waals surface area contributed by atoms with Gasteiger partial charge in [-0.15, -0.1) is 0 Å². The summed E-state index contributed by atoms with van der Waals surface area (Å²) in [7, 11) is 0. The third-order valence-electron chi connectivity index (χ3n) is 4.27. The summed E-state index contributed by atoms with van der Waals surface area (Å²) in [5.41, 5.74) is 2.27. The number of pyridine rings is 1. The number of aromatic amines is 1. The first kappa shape index (κ1) is 16.0. The van der Waals surface area contributed by atoms with Crippen molar-refractivity contribution >= 4 is 16.9 Å². The minimum Gasteiger partial charge on any atom is -0.619 e. The number of carbonyl (C=O) groups excluding carboxylic acids is 1. The number of hydrogen-bond donors (Lipinski definition) is 2. The standard InChI is InChI=1S/C18H20N4O2/c1-3-12(2)16(17-19-14-6-4-5-7-15(14)20-17)21-18(23)13-8-10-22(24)11-9-13/h4-12,16H,3H2,1-2H3,(H,19,20)(H,21,23)/t12-,16+/m0/s1. The van der Waals surface area contributed by atoms with Crippen LogP contribution in [0.1, 0.15) is 42.5 Å². The Morgan fingerprint density at radius 1 is 1.29 bits per heavy atom. The third kappa shape index (κ3) is 3.22. The summed E-state index contributed by atoms with van der Waals surface area (Å²) in [6.07, 6.45) is 3.53. The number of H-pyrrole nitrogens is 1. The molecular weight excluding hydrogens is 304 g/mol. The molecule has 3 aromatic rings. The smallest absolute Gasteiger partial charge is 0.252 e. The second-order valence-corrected chi connectivity index (χ2v) is 5.92. The van der Waals surface area contributed by atoms with Crippen LogP contribution in [0.2, 0.25) is 0 Å². The molecule has 0 aliphatic carbocycles. The Hall–Kier alpha value is -2.89. The van der Waals surface area contributed by atoms with E-state index in [9.17, 15) is 10.0 Å². The summed E-state index contributed by atoms with van der Waals surface area (Å²) >= 11 is 0. The maximum absolute atomic E-state index is 12.5. The molecule has 2 heterocycles. The number of hydrogen-bond acceptors (Lipinski definition) is 3. The quantitative estimate of drug-likeness (QED) is 0.559. The molecule has 0 aliphatic rings. The van der Waals surface area contributed by atoms with E-state index in [4.69, 9.17) is 0 Å². The van der Waals surface area contributed by atoms with E-state index in [1.165, 1.54) is 24.5 Å². The molecule has 2 N–H and O–H groups in total. The number of imidazole rings is 1. The van der Waals surface area contributed by atoms with Crippen molar-refractivity contribution in [1.82, 2.24) is 15.3 Å². The third-order valence-corrected chi connectivity index (χ3v) is 4.27. The minimum atomic E-state index is -0.227. The zero-order valence-corrected chi connectivity index (χ0v) is 13.7. The van der Waals surface area contributed by atoms with Crippen molar-refractivity contribution in [2.75, 3.05) is 0 Å². The fraction of sp³-hybridized carbons (Fsp3) is 0.278. The zero-order chi connectivity index (χ0) is 17.1. The number of aromatic nitrogens is 3. The van der Waals surface area contributed by atoms with E-state index < -0.39 is 0 Å². The lowest BCUT2D eigenvalue weighted by Gasteiger charge is -2.22. The van der Waals surface area contributed by atoms with Gasteiger partial charge in [0.2, 0.25) is 0 Å². The number of benzene rings is 1. The Morgan fingerprint density at radius 3 is 2.67 bits per heavy atom. The van der Waals surface area contributed by atoms with Gasteiger partial charge < -0.3 is 15.5 Å². The normalized spacial score (nSPS) is 13.6. The highest BCUT2D eigenvalue weighted by atomic mass is 16.5. The van der Waals surface area contributed by atoms with Gasteiger partial charge in [0.15, 0.2) is 12.4 Å². The topological polar surface area (TPSA) is 84.7 Å². The van der Waals surface area contributed by atoms with Crippen LogP contribution in [0.25, 0.3) is 11.0 Å². The van der Waals surface area contributed by atoms with E-state index in [-0.39, 0.29) is 17.9 Å². The molecule has 0 unspecified atom stereocenters. The predicted molar refractivity (Wildman–Crippen MR) is 91.2 cm³/mol. The molecule has 1 amide bonds. The van der Waals surface area contributed by atoms with Gasteiger partial charge >= 0.3 is 0 Å². The summed E-state index contributed by atoms with van der Waals surface area (Å²) in [5, 5.41) is 14.1. The highest BCUT2D eigenvalue weighted by molar-refractivity contribution is 5.94. The maximum Gasteiger partial charge on any atom is 0.252 e. The first-order valence-corrected chi connectivity index (χ1v) is 8.03. The average molecular weight is 324 g/mol. The van der Waals surface area contributed by atoms with Crippen LogP contribution in [0, 0.1) is 11.1 Å². The van der Waals surface area contributed by atoms with Gasteiger partial charge in [-0.1, -0.05) is 32.4 Å². The Balaban J connectivity index is 1.89. The van der Waals surface area contributed by atoms with Crippen molar-refractivity contribution in [2.24, 2.45) is 5.92 Å². The molecule has 124 valence electrons. The zero-order valence-electron chi connectivity index (χ0n) is 13.7. The van der Waals surface area contributed by atoms with E-state index in [1.54, 1.807) is 0 Å². The molecule has 0 spiro atoms. The fourth-order valence-corrected chi connectivity index (χ4v) is 2.62. The van der Waals surface area contributed by atoms with Gasteiger partial charge in [-0.2, -0.15) is 4.73 Å². The van der Waals surface area contributed by atoms with Gasteiger partial charge in [0.05, 0.1) is 22.6 Å². The Kier molecular flexibility index (Phi) is 4.46. The van der Waals surface area contributed by atoms with Gasteiger partial charge in [-0.3, -0.25) is 4.79 Å². The number of fused-ring (bicyclic) bond motifs is 1. The number of carbonyl (C=O) groups is 1. The lowest BCUT2D eigenvalue weighted by Crippen LogP contribution is -2.34. The van der Waals surface area contributed by atoms with Crippen LogP contribution in [-0.4, -0.2) is 15.9 Å². The number of rotatable bonds is 5. The number of nitrogens with zero attached hydrogens (tertiary/aromatic N) is 2.